The summed E-state index contributed by atoms with van der Waals surface area (Å²) in [6.45, 7) is 0. The highest BCUT2D eigenvalue weighted by Gasteiger charge is 2.35. The second kappa shape index (κ2) is 4.88. The molecule has 1 saturated heterocycles. The number of hydrogen-bond donors (Lipinski definition) is 0. The summed E-state index contributed by atoms with van der Waals surface area (Å²) < 4.78 is 25.4. The lowest BCUT2D eigenvalue weighted by molar-refractivity contribution is -0.153. The zero-order valence-corrected chi connectivity index (χ0v) is 9.49. The molecule has 0 aromatic heterocycles. The maximum absolute atomic E-state index is 11.6. The minimum Gasteiger partial charge on any atom is -0.393 e. The summed E-state index contributed by atoms with van der Waals surface area (Å²) in [4.78, 5) is 21.8. The average molecular weight is 236 g/mol. The first-order valence-electron chi connectivity index (χ1n) is 4.46. The van der Waals surface area contributed by atoms with Crippen LogP contribution in [0.1, 0.15) is 12.8 Å². The summed E-state index contributed by atoms with van der Waals surface area (Å²) in [7, 11) is -0.539. The number of rotatable bonds is 5. The molecule has 1 fully saturated rings. The van der Waals surface area contributed by atoms with E-state index >= 15 is 0 Å². The Kier molecular flexibility index (Phi) is 4.02. The van der Waals surface area contributed by atoms with Gasteiger partial charge in [0.2, 0.25) is 0 Å². The first-order valence-corrected chi connectivity index (χ1v) is 6.18. The van der Waals surface area contributed by atoms with Crippen LogP contribution in [0.5, 0.6) is 0 Å². The van der Waals surface area contributed by atoms with Crippen molar-refractivity contribution in [3.05, 3.63) is 0 Å². The molecule has 86 valence electrons. The summed E-state index contributed by atoms with van der Waals surface area (Å²) >= 11 is 0. The highest BCUT2D eigenvalue weighted by molar-refractivity contribution is 7.53. The Hall–Kier alpha value is -0.710. The lowest BCUT2D eigenvalue weighted by Crippen LogP contribution is -2.10. The molecular formula is C8H13O6P. The molecule has 0 N–H and O–H groups in total. The van der Waals surface area contributed by atoms with E-state index in [-0.39, 0.29) is 19.0 Å². The molecule has 0 aliphatic carbocycles. The topological polar surface area (TPSA) is 78.9 Å². The molecule has 0 saturated carbocycles. The molecule has 1 unspecified atom stereocenters. The molecule has 1 rings (SSSR count). The van der Waals surface area contributed by atoms with Gasteiger partial charge in [-0.05, 0) is 6.42 Å². The Bertz CT molecular complexity index is 304. The normalized spacial score (nSPS) is 21.9. The summed E-state index contributed by atoms with van der Waals surface area (Å²) in [5.74, 6) is -1.61. The Morgan fingerprint density at radius 3 is 2.40 bits per heavy atom. The van der Waals surface area contributed by atoms with E-state index in [0.717, 1.165) is 0 Å². The van der Waals surface area contributed by atoms with Crippen molar-refractivity contribution in [3.8, 4) is 0 Å². The van der Waals surface area contributed by atoms with Gasteiger partial charge < -0.3 is 13.8 Å². The summed E-state index contributed by atoms with van der Waals surface area (Å²) in [6, 6.07) is 0. The fourth-order valence-corrected chi connectivity index (χ4v) is 2.45. The van der Waals surface area contributed by atoms with Crippen LogP contribution in [-0.2, 0) is 27.9 Å². The van der Waals surface area contributed by atoms with Crippen molar-refractivity contribution in [1.29, 1.82) is 0 Å². The van der Waals surface area contributed by atoms with Crippen molar-refractivity contribution in [2.45, 2.75) is 12.8 Å². The van der Waals surface area contributed by atoms with E-state index in [9.17, 15) is 14.2 Å². The Labute approximate surface area is 87.4 Å². The van der Waals surface area contributed by atoms with Crippen LogP contribution in [-0.4, -0.2) is 32.3 Å². The van der Waals surface area contributed by atoms with Gasteiger partial charge in [0.15, 0.2) is 0 Å². The van der Waals surface area contributed by atoms with Crippen molar-refractivity contribution in [3.63, 3.8) is 0 Å². The third kappa shape index (κ3) is 3.12. The SMILES string of the molecule is COP(=O)(CCC1CC(=O)OC1=O)OC. The molecule has 6 nitrogen and oxygen atoms in total. The van der Waals surface area contributed by atoms with Gasteiger partial charge in [-0.25, -0.2) is 0 Å². The molecule has 0 aromatic rings. The van der Waals surface area contributed by atoms with Crippen molar-refractivity contribution < 1.29 is 27.9 Å². The minimum absolute atomic E-state index is 0.0479. The Balaban J connectivity index is 2.47. The fraction of sp³-hybridized carbons (Fsp3) is 0.750. The monoisotopic (exact) mass is 236 g/mol. The highest BCUT2D eigenvalue weighted by atomic mass is 31.2. The van der Waals surface area contributed by atoms with E-state index in [1.54, 1.807) is 0 Å². The fourth-order valence-electron chi connectivity index (χ4n) is 1.31. The zero-order valence-electron chi connectivity index (χ0n) is 8.60. The van der Waals surface area contributed by atoms with Gasteiger partial charge in [0.25, 0.3) is 0 Å². The van der Waals surface area contributed by atoms with Crippen LogP contribution in [0.25, 0.3) is 0 Å². The van der Waals surface area contributed by atoms with Gasteiger partial charge in [-0.15, -0.1) is 0 Å². The second-order valence-electron chi connectivity index (χ2n) is 3.18. The molecule has 0 aromatic carbocycles. The summed E-state index contributed by atoms with van der Waals surface area (Å²) in [5, 5.41) is 0. The molecule has 0 bridgehead atoms. The van der Waals surface area contributed by atoms with Crippen LogP contribution >= 0.6 is 7.60 Å². The smallest absolute Gasteiger partial charge is 0.330 e. The van der Waals surface area contributed by atoms with Crippen molar-refractivity contribution in [2.24, 2.45) is 5.92 Å². The number of carbonyl (C=O) groups is 2. The van der Waals surface area contributed by atoms with Crippen LogP contribution in [0, 0.1) is 5.92 Å². The molecule has 1 aliphatic heterocycles. The Morgan fingerprint density at radius 2 is 2.00 bits per heavy atom. The van der Waals surface area contributed by atoms with E-state index in [4.69, 9.17) is 9.05 Å². The van der Waals surface area contributed by atoms with Gasteiger partial charge in [0.05, 0.1) is 18.5 Å². The molecular weight excluding hydrogens is 223 g/mol. The van der Waals surface area contributed by atoms with Crippen LogP contribution in [0.15, 0.2) is 0 Å². The van der Waals surface area contributed by atoms with Gasteiger partial charge in [-0.1, -0.05) is 0 Å². The number of hydrogen-bond acceptors (Lipinski definition) is 6. The van der Waals surface area contributed by atoms with Gasteiger partial charge in [-0.3, -0.25) is 14.2 Å². The van der Waals surface area contributed by atoms with Crippen LogP contribution in [0.2, 0.25) is 0 Å². The van der Waals surface area contributed by atoms with Crippen molar-refractivity contribution in [2.75, 3.05) is 20.4 Å². The standard InChI is InChI=1S/C8H13O6P/c1-12-15(11,13-2)4-3-6-5-7(9)14-8(6)10/h6H,3-5H2,1-2H3. The number of ether oxygens (including phenoxy) is 1. The molecule has 1 heterocycles. The number of esters is 2. The van der Waals surface area contributed by atoms with E-state index in [2.05, 4.69) is 4.74 Å². The van der Waals surface area contributed by atoms with Gasteiger partial charge >= 0.3 is 19.5 Å². The first kappa shape index (κ1) is 12.4. The molecule has 1 atom stereocenters. The zero-order chi connectivity index (χ0) is 11.5. The third-order valence-electron chi connectivity index (χ3n) is 2.27. The maximum atomic E-state index is 11.6. The van der Waals surface area contributed by atoms with E-state index < -0.39 is 25.5 Å². The van der Waals surface area contributed by atoms with Gasteiger partial charge in [-0.2, -0.15) is 0 Å². The predicted molar refractivity (Wildman–Crippen MR) is 50.3 cm³/mol. The lowest BCUT2D eigenvalue weighted by atomic mass is 10.1. The van der Waals surface area contributed by atoms with Crippen LogP contribution in [0.4, 0.5) is 0 Å². The lowest BCUT2D eigenvalue weighted by Gasteiger charge is -2.13. The van der Waals surface area contributed by atoms with E-state index in [1.165, 1.54) is 14.2 Å². The molecule has 7 heteroatoms. The maximum Gasteiger partial charge on any atom is 0.330 e. The van der Waals surface area contributed by atoms with Crippen LogP contribution < -0.4 is 0 Å². The van der Waals surface area contributed by atoms with Crippen LogP contribution in [0.3, 0.4) is 0 Å². The van der Waals surface area contributed by atoms with E-state index in [0.29, 0.717) is 0 Å². The number of carbonyl (C=O) groups excluding carboxylic acids is 2. The minimum atomic E-state index is -3.10. The molecule has 15 heavy (non-hydrogen) atoms. The van der Waals surface area contributed by atoms with Gasteiger partial charge in [0.1, 0.15) is 0 Å². The van der Waals surface area contributed by atoms with Crippen molar-refractivity contribution >= 4 is 19.5 Å². The molecule has 0 amide bonds. The second-order valence-corrected chi connectivity index (χ2v) is 5.58. The Morgan fingerprint density at radius 1 is 1.40 bits per heavy atom. The predicted octanol–water partition coefficient (Wildman–Crippen LogP) is 0.952. The number of cyclic esters (lactones) is 2. The molecule has 0 spiro atoms. The van der Waals surface area contributed by atoms with Crippen molar-refractivity contribution in [1.82, 2.24) is 0 Å². The highest BCUT2D eigenvalue weighted by Crippen LogP contribution is 2.47. The molecule has 0 radical (unpaired) electrons. The largest absolute Gasteiger partial charge is 0.393 e. The third-order valence-corrected chi connectivity index (χ3v) is 4.19. The molecule has 1 aliphatic rings. The van der Waals surface area contributed by atoms with Gasteiger partial charge in [0, 0.05) is 14.2 Å². The summed E-state index contributed by atoms with van der Waals surface area (Å²) in [6.07, 6.45) is 0.419. The summed E-state index contributed by atoms with van der Waals surface area (Å²) in [5.41, 5.74) is 0. The van der Waals surface area contributed by atoms with E-state index in [1.807, 2.05) is 0 Å². The quantitative estimate of drug-likeness (QED) is 0.401. The first-order chi connectivity index (χ1) is 7.00. The average Bonchev–Trinajstić information content (AvgIpc) is 2.54.